The fourth-order valence-corrected chi connectivity index (χ4v) is 3.26. The van der Waals surface area contributed by atoms with Crippen molar-refractivity contribution in [2.75, 3.05) is 44.0 Å². The highest BCUT2D eigenvalue weighted by atomic mass is 16.5. The second-order valence-corrected chi connectivity index (χ2v) is 7.55. The van der Waals surface area contributed by atoms with Crippen molar-refractivity contribution in [2.24, 2.45) is 0 Å². The number of ether oxygens (including phenoxy) is 2. The van der Waals surface area contributed by atoms with Gasteiger partial charge in [0.1, 0.15) is 11.5 Å². The lowest BCUT2D eigenvalue weighted by Gasteiger charge is -2.33. The maximum Gasteiger partial charge on any atom is 0.267 e. The molecule has 1 atom stereocenters. The highest BCUT2D eigenvalue weighted by molar-refractivity contribution is 6.01. The van der Waals surface area contributed by atoms with Crippen LogP contribution in [0.5, 0.6) is 11.5 Å². The Labute approximate surface area is 177 Å². The number of fused-ring (bicyclic) bond motifs is 1. The van der Waals surface area contributed by atoms with Crippen molar-refractivity contribution in [1.29, 1.82) is 0 Å². The first-order valence-electron chi connectivity index (χ1n) is 10.2. The van der Waals surface area contributed by atoms with Gasteiger partial charge < -0.3 is 24.6 Å². The van der Waals surface area contributed by atoms with Crippen molar-refractivity contribution in [3.63, 3.8) is 0 Å². The summed E-state index contributed by atoms with van der Waals surface area (Å²) in [6.07, 6.45) is 0.552. The number of rotatable bonds is 9. The summed E-state index contributed by atoms with van der Waals surface area (Å²) in [4.78, 5) is 28.8. The summed E-state index contributed by atoms with van der Waals surface area (Å²) in [7, 11) is 4.01. The first-order chi connectivity index (χ1) is 14.4. The van der Waals surface area contributed by atoms with Crippen molar-refractivity contribution in [2.45, 2.75) is 25.9 Å². The molecule has 7 heteroatoms. The number of nitrogens with one attached hydrogen (secondary N) is 1. The summed E-state index contributed by atoms with van der Waals surface area (Å²) < 4.78 is 11.3. The third-order valence-corrected chi connectivity index (χ3v) is 4.78. The lowest BCUT2D eigenvalue weighted by molar-refractivity contribution is -0.125. The van der Waals surface area contributed by atoms with Crippen molar-refractivity contribution < 1.29 is 19.1 Å². The largest absolute Gasteiger partial charge is 0.493 e. The van der Waals surface area contributed by atoms with E-state index in [9.17, 15) is 9.59 Å². The van der Waals surface area contributed by atoms with Gasteiger partial charge >= 0.3 is 0 Å². The Morgan fingerprint density at radius 2 is 1.97 bits per heavy atom. The molecule has 2 aromatic rings. The van der Waals surface area contributed by atoms with Gasteiger partial charge in [0.2, 0.25) is 5.91 Å². The summed E-state index contributed by atoms with van der Waals surface area (Å²) in [6, 6.07) is 14.8. The van der Waals surface area contributed by atoms with Crippen LogP contribution in [-0.4, -0.2) is 56.6 Å². The second kappa shape index (κ2) is 10.1. The van der Waals surface area contributed by atoms with Gasteiger partial charge in [-0.1, -0.05) is 18.2 Å². The quantitative estimate of drug-likeness (QED) is 0.686. The molecule has 0 saturated carbocycles. The number of carbonyl (C=O) groups is 2. The van der Waals surface area contributed by atoms with E-state index in [0.717, 1.165) is 18.7 Å². The van der Waals surface area contributed by atoms with Crippen LogP contribution < -0.4 is 19.7 Å². The minimum Gasteiger partial charge on any atom is -0.493 e. The van der Waals surface area contributed by atoms with Crippen LogP contribution in [0.25, 0.3) is 0 Å². The number of carbonyl (C=O) groups excluding carboxylic acids is 2. The Morgan fingerprint density at radius 1 is 1.20 bits per heavy atom. The predicted octanol–water partition coefficient (Wildman–Crippen LogP) is 3.16. The van der Waals surface area contributed by atoms with E-state index in [1.54, 1.807) is 30.0 Å². The molecule has 1 unspecified atom stereocenters. The van der Waals surface area contributed by atoms with E-state index in [-0.39, 0.29) is 24.8 Å². The molecule has 0 aromatic heterocycles. The first-order valence-corrected chi connectivity index (χ1v) is 10.2. The zero-order chi connectivity index (χ0) is 21.5. The van der Waals surface area contributed by atoms with Crippen LogP contribution in [0.3, 0.4) is 0 Å². The van der Waals surface area contributed by atoms with Gasteiger partial charge in [-0.2, -0.15) is 0 Å². The van der Waals surface area contributed by atoms with Crippen molar-refractivity contribution >= 4 is 23.2 Å². The highest BCUT2D eigenvalue weighted by Crippen LogP contribution is 2.36. The molecule has 30 heavy (non-hydrogen) atoms. The number of benzene rings is 2. The fourth-order valence-electron chi connectivity index (χ4n) is 3.26. The normalized spacial score (nSPS) is 15.5. The van der Waals surface area contributed by atoms with Crippen LogP contribution in [0.15, 0.2) is 48.5 Å². The van der Waals surface area contributed by atoms with Gasteiger partial charge in [-0.05, 0) is 64.3 Å². The van der Waals surface area contributed by atoms with E-state index >= 15 is 0 Å². The molecule has 3 rings (SSSR count). The van der Waals surface area contributed by atoms with Gasteiger partial charge in [-0.3, -0.25) is 9.59 Å². The summed E-state index contributed by atoms with van der Waals surface area (Å²) in [5.74, 6) is 1.16. The molecule has 0 fully saturated rings. The molecule has 7 nitrogen and oxygen atoms in total. The molecule has 0 aliphatic carbocycles. The van der Waals surface area contributed by atoms with Crippen LogP contribution in [0.1, 0.15) is 19.8 Å². The lowest BCUT2D eigenvalue weighted by Crippen LogP contribution is -2.45. The second-order valence-electron chi connectivity index (χ2n) is 7.55. The van der Waals surface area contributed by atoms with E-state index in [0.29, 0.717) is 23.7 Å². The van der Waals surface area contributed by atoms with E-state index in [4.69, 9.17) is 9.47 Å². The third kappa shape index (κ3) is 5.73. The van der Waals surface area contributed by atoms with Gasteiger partial charge in [0.15, 0.2) is 6.10 Å². The van der Waals surface area contributed by atoms with E-state index in [1.165, 1.54) is 0 Å². The number of hydrogen-bond donors (Lipinski definition) is 1. The maximum atomic E-state index is 12.7. The van der Waals surface area contributed by atoms with E-state index < -0.39 is 6.10 Å². The molecule has 2 aromatic carbocycles. The number of para-hydroxylation sites is 1. The predicted molar refractivity (Wildman–Crippen MR) is 117 cm³/mol. The van der Waals surface area contributed by atoms with Crippen LogP contribution in [0.4, 0.5) is 11.4 Å². The Hall–Kier alpha value is -3.06. The lowest BCUT2D eigenvalue weighted by atomic mass is 10.1. The molecule has 1 heterocycles. The fraction of sp³-hybridized carbons (Fsp3) is 0.391. The zero-order valence-corrected chi connectivity index (χ0v) is 17.8. The standard InChI is InChI=1S/C23H29N3O4/c1-17-23(28)26(14-7-13-25(2)3)20-16-18(10-11-21(20)30-17)24-22(27)12-15-29-19-8-5-4-6-9-19/h4-6,8-11,16-17H,7,12-15H2,1-3H3,(H,24,27). The molecule has 0 saturated heterocycles. The average molecular weight is 412 g/mol. The molecule has 0 bridgehead atoms. The number of nitrogens with zero attached hydrogens (tertiary/aromatic N) is 2. The first kappa shape index (κ1) is 21.6. The molecule has 1 N–H and O–H groups in total. The highest BCUT2D eigenvalue weighted by Gasteiger charge is 2.31. The number of hydrogen-bond acceptors (Lipinski definition) is 5. The Bertz CT molecular complexity index is 870. The molecule has 1 aliphatic rings. The van der Waals surface area contributed by atoms with Gasteiger partial charge in [-0.15, -0.1) is 0 Å². The van der Waals surface area contributed by atoms with Crippen molar-refractivity contribution in [3.05, 3.63) is 48.5 Å². The summed E-state index contributed by atoms with van der Waals surface area (Å²) in [5.41, 5.74) is 1.32. The van der Waals surface area contributed by atoms with Crippen LogP contribution >= 0.6 is 0 Å². The van der Waals surface area contributed by atoms with E-state index in [2.05, 4.69) is 10.2 Å². The number of anilines is 2. The molecule has 0 spiro atoms. The smallest absolute Gasteiger partial charge is 0.267 e. The Morgan fingerprint density at radius 3 is 2.70 bits per heavy atom. The Kier molecular flexibility index (Phi) is 7.30. The third-order valence-electron chi connectivity index (χ3n) is 4.78. The number of amides is 2. The SMILES string of the molecule is CC1Oc2ccc(NC(=O)CCOc3ccccc3)cc2N(CCCN(C)C)C1=O. The van der Waals surface area contributed by atoms with Crippen molar-refractivity contribution in [1.82, 2.24) is 4.90 Å². The topological polar surface area (TPSA) is 71.1 Å². The maximum absolute atomic E-state index is 12.7. The van der Waals surface area contributed by atoms with Crippen LogP contribution in [0.2, 0.25) is 0 Å². The average Bonchev–Trinajstić information content (AvgIpc) is 2.72. The minimum absolute atomic E-state index is 0.0685. The van der Waals surface area contributed by atoms with Gasteiger partial charge in [0.05, 0.1) is 18.7 Å². The molecule has 160 valence electrons. The summed E-state index contributed by atoms with van der Waals surface area (Å²) in [6.45, 7) is 3.52. The summed E-state index contributed by atoms with van der Waals surface area (Å²) in [5, 5.41) is 2.88. The van der Waals surface area contributed by atoms with Gasteiger partial charge in [0, 0.05) is 12.2 Å². The Balaban J connectivity index is 1.62. The monoisotopic (exact) mass is 411 g/mol. The minimum atomic E-state index is -0.521. The summed E-state index contributed by atoms with van der Waals surface area (Å²) >= 11 is 0. The van der Waals surface area contributed by atoms with Crippen LogP contribution in [-0.2, 0) is 9.59 Å². The van der Waals surface area contributed by atoms with Gasteiger partial charge in [0.25, 0.3) is 5.91 Å². The molecule has 0 radical (unpaired) electrons. The molecular weight excluding hydrogens is 382 g/mol. The molecule has 1 aliphatic heterocycles. The van der Waals surface area contributed by atoms with Crippen molar-refractivity contribution in [3.8, 4) is 11.5 Å². The van der Waals surface area contributed by atoms with E-state index in [1.807, 2.05) is 44.4 Å². The molecular formula is C23H29N3O4. The van der Waals surface area contributed by atoms with Gasteiger partial charge in [-0.25, -0.2) is 0 Å². The van der Waals surface area contributed by atoms with Crippen LogP contribution in [0, 0.1) is 0 Å². The zero-order valence-electron chi connectivity index (χ0n) is 17.8. The molecule has 2 amide bonds.